The summed E-state index contributed by atoms with van der Waals surface area (Å²) in [6.45, 7) is 4.49. The fourth-order valence-electron chi connectivity index (χ4n) is 1.22. The van der Waals surface area contributed by atoms with E-state index >= 15 is 0 Å². The highest BCUT2D eigenvalue weighted by atomic mass is 31.0. The van der Waals surface area contributed by atoms with Crippen molar-refractivity contribution in [1.82, 2.24) is 0 Å². The number of rotatable bonds is 2. The van der Waals surface area contributed by atoms with Crippen LogP contribution in [0, 0.1) is 0 Å². The van der Waals surface area contributed by atoms with E-state index in [0.29, 0.717) is 5.92 Å². The summed E-state index contributed by atoms with van der Waals surface area (Å²) in [5, 5.41) is 2.55. The van der Waals surface area contributed by atoms with Gasteiger partial charge in [0.15, 0.2) is 0 Å². The predicted molar refractivity (Wildman–Crippen MR) is 63.8 cm³/mol. The Balaban J connectivity index is 3.00. The Labute approximate surface area is 79.6 Å². The standard InChI is InChI=1S/C10H16P2/c1-3-7(2)8-4-9(11)6-10(12)5-8/h4-7H,3,11-12H2,1-2H3. The first-order valence-electron chi connectivity index (χ1n) is 4.29. The van der Waals surface area contributed by atoms with Crippen molar-refractivity contribution in [3.05, 3.63) is 23.8 Å². The normalized spacial score (nSPS) is 13.0. The molecule has 0 aliphatic carbocycles. The van der Waals surface area contributed by atoms with Crippen molar-refractivity contribution >= 4 is 29.1 Å². The molecule has 12 heavy (non-hydrogen) atoms. The Morgan fingerprint density at radius 1 is 1.17 bits per heavy atom. The quantitative estimate of drug-likeness (QED) is 0.639. The molecule has 3 atom stereocenters. The second-order valence-electron chi connectivity index (χ2n) is 3.24. The molecule has 1 rings (SSSR count). The van der Waals surface area contributed by atoms with E-state index in [4.69, 9.17) is 0 Å². The van der Waals surface area contributed by atoms with Crippen LogP contribution in [0.4, 0.5) is 0 Å². The summed E-state index contributed by atoms with van der Waals surface area (Å²) >= 11 is 0. The van der Waals surface area contributed by atoms with Crippen LogP contribution >= 0.6 is 18.5 Å². The first-order valence-corrected chi connectivity index (χ1v) is 5.45. The highest BCUT2D eigenvalue weighted by molar-refractivity contribution is 7.29. The van der Waals surface area contributed by atoms with Gasteiger partial charge in [0, 0.05) is 0 Å². The summed E-state index contributed by atoms with van der Waals surface area (Å²) in [7, 11) is 5.50. The summed E-state index contributed by atoms with van der Waals surface area (Å²) in [5.41, 5.74) is 1.44. The number of hydrogen-bond acceptors (Lipinski definition) is 0. The molecule has 1 aromatic rings. The lowest BCUT2D eigenvalue weighted by molar-refractivity contribution is 0.735. The summed E-state index contributed by atoms with van der Waals surface area (Å²) in [6, 6.07) is 6.64. The number of benzene rings is 1. The van der Waals surface area contributed by atoms with E-state index in [-0.39, 0.29) is 0 Å². The molecular formula is C10H16P2. The lowest BCUT2D eigenvalue weighted by Crippen LogP contribution is -2.05. The summed E-state index contributed by atoms with van der Waals surface area (Å²) in [4.78, 5) is 0. The highest BCUT2D eigenvalue weighted by Crippen LogP contribution is 2.17. The van der Waals surface area contributed by atoms with Gasteiger partial charge in [0.2, 0.25) is 0 Å². The molecule has 1 aromatic carbocycles. The van der Waals surface area contributed by atoms with Crippen molar-refractivity contribution in [3.8, 4) is 0 Å². The van der Waals surface area contributed by atoms with Crippen LogP contribution in [-0.4, -0.2) is 0 Å². The predicted octanol–water partition coefficient (Wildman–Crippen LogP) is 2.20. The minimum Gasteiger partial charge on any atom is -0.106 e. The third-order valence-electron chi connectivity index (χ3n) is 2.18. The molecule has 0 aliphatic heterocycles. The van der Waals surface area contributed by atoms with Gasteiger partial charge in [-0.25, -0.2) is 0 Å². The molecule has 0 bridgehead atoms. The van der Waals surface area contributed by atoms with Crippen LogP contribution in [0.2, 0.25) is 0 Å². The SMILES string of the molecule is CCC(C)c1cc(P)cc(P)c1. The maximum Gasteiger partial charge on any atom is -0.0193 e. The summed E-state index contributed by atoms with van der Waals surface area (Å²) < 4.78 is 0. The average Bonchev–Trinajstić information content (AvgIpc) is 2.01. The first-order chi connectivity index (χ1) is 5.63. The van der Waals surface area contributed by atoms with Crippen LogP contribution < -0.4 is 10.6 Å². The van der Waals surface area contributed by atoms with E-state index < -0.39 is 0 Å². The van der Waals surface area contributed by atoms with Gasteiger partial charge in [-0.15, -0.1) is 18.5 Å². The van der Waals surface area contributed by atoms with Crippen molar-refractivity contribution in [2.24, 2.45) is 0 Å². The maximum atomic E-state index is 2.75. The van der Waals surface area contributed by atoms with Gasteiger partial charge in [0.05, 0.1) is 0 Å². The Morgan fingerprint density at radius 3 is 2.08 bits per heavy atom. The minimum absolute atomic E-state index is 0.671. The van der Waals surface area contributed by atoms with Crippen LogP contribution in [-0.2, 0) is 0 Å². The monoisotopic (exact) mass is 198 g/mol. The molecule has 0 N–H and O–H groups in total. The second kappa shape index (κ2) is 4.35. The van der Waals surface area contributed by atoms with Crippen LogP contribution in [0.25, 0.3) is 0 Å². The van der Waals surface area contributed by atoms with Crippen molar-refractivity contribution in [2.75, 3.05) is 0 Å². The molecule has 2 heteroatoms. The molecule has 0 fully saturated rings. The van der Waals surface area contributed by atoms with Crippen LogP contribution in [0.1, 0.15) is 31.7 Å². The van der Waals surface area contributed by atoms with Crippen molar-refractivity contribution in [1.29, 1.82) is 0 Å². The zero-order valence-electron chi connectivity index (χ0n) is 7.67. The Hall–Kier alpha value is 0.0800. The van der Waals surface area contributed by atoms with Crippen LogP contribution in [0.3, 0.4) is 0 Å². The molecule has 0 saturated carbocycles. The van der Waals surface area contributed by atoms with E-state index in [1.54, 1.807) is 0 Å². The minimum atomic E-state index is 0.671. The molecule has 0 amide bonds. The van der Waals surface area contributed by atoms with E-state index in [0.717, 1.165) is 0 Å². The molecule has 3 unspecified atom stereocenters. The third kappa shape index (κ3) is 2.54. The van der Waals surface area contributed by atoms with Gasteiger partial charge in [-0.3, -0.25) is 0 Å². The molecule has 66 valence electrons. The van der Waals surface area contributed by atoms with Gasteiger partial charge in [0.25, 0.3) is 0 Å². The molecule has 0 nitrogen and oxygen atoms in total. The first kappa shape index (κ1) is 10.2. The highest BCUT2D eigenvalue weighted by Gasteiger charge is 2.03. The molecule has 0 spiro atoms. The molecule has 0 saturated heterocycles. The maximum absolute atomic E-state index is 2.75. The molecule has 0 radical (unpaired) electrons. The van der Waals surface area contributed by atoms with E-state index in [1.165, 1.54) is 22.6 Å². The van der Waals surface area contributed by atoms with E-state index in [1.807, 2.05) is 0 Å². The Kier molecular flexibility index (Phi) is 3.69. The lowest BCUT2D eigenvalue weighted by Gasteiger charge is -2.10. The molecule has 0 heterocycles. The molecular weight excluding hydrogens is 182 g/mol. The van der Waals surface area contributed by atoms with Gasteiger partial charge in [0.1, 0.15) is 0 Å². The van der Waals surface area contributed by atoms with Gasteiger partial charge < -0.3 is 0 Å². The summed E-state index contributed by atoms with van der Waals surface area (Å²) in [6.07, 6.45) is 1.21. The summed E-state index contributed by atoms with van der Waals surface area (Å²) in [5.74, 6) is 0.671. The Bertz CT molecular complexity index is 248. The van der Waals surface area contributed by atoms with Crippen LogP contribution in [0.5, 0.6) is 0 Å². The second-order valence-corrected chi connectivity index (χ2v) is 4.58. The van der Waals surface area contributed by atoms with Crippen molar-refractivity contribution < 1.29 is 0 Å². The van der Waals surface area contributed by atoms with Gasteiger partial charge in [-0.1, -0.05) is 26.0 Å². The molecule has 0 aliphatic rings. The zero-order chi connectivity index (χ0) is 9.14. The van der Waals surface area contributed by atoms with Crippen LogP contribution in [0.15, 0.2) is 18.2 Å². The smallest absolute Gasteiger partial charge is 0.0193 e. The van der Waals surface area contributed by atoms with Gasteiger partial charge >= 0.3 is 0 Å². The van der Waals surface area contributed by atoms with Gasteiger partial charge in [-0.05, 0) is 34.6 Å². The zero-order valence-corrected chi connectivity index (χ0v) is 9.98. The van der Waals surface area contributed by atoms with E-state index in [9.17, 15) is 0 Å². The van der Waals surface area contributed by atoms with Crippen molar-refractivity contribution in [3.63, 3.8) is 0 Å². The topological polar surface area (TPSA) is 0 Å². The molecule has 0 aromatic heterocycles. The Morgan fingerprint density at radius 2 is 1.67 bits per heavy atom. The van der Waals surface area contributed by atoms with Gasteiger partial charge in [-0.2, -0.15) is 0 Å². The largest absolute Gasteiger partial charge is 0.106 e. The fourth-order valence-corrected chi connectivity index (χ4v) is 2.18. The van der Waals surface area contributed by atoms with Crippen molar-refractivity contribution in [2.45, 2.75) is 26.2 Å². The van der Waals surface area contributed by atoms with E-state index in [2.05, 4.69) is 50.5 Å². The third-order valence-corrected chi connectivity index (χ3v) is 2.85. The fraction of sp³-hybridized carbons (Fsp3) is 0.400. The number of hydrogen-bond donors (Lipinski definition) is 0. The average molecular weight is 198 g/mol. The lowest BCUT2D eigenvalue weighted by atomic mass is 9.99.